The van der Waals surface area contributed by atoms with E-state index in [9.17, 15) is 19.0 Å². The van der Waals surface area contributed by atoms with Crippen LogP contribution in [-0.2, 0) is 32.7 Å². The molecule has 0 radical (unpaired) electrons. The SMILES string of the molecule is CC/C=C\C/C=C\C/C=C\C/C=C\C/C=C\C/C=C\C/C=C\CCCCCCCCCCCCCC(=O)OC(COC(=O)CCCCCCCC/C=C\C/C=C\C/C=C\C/C=C\CC)COP(=O)(O)OCC[N+](C)(C)C. The van der Waals surface area contributed by atoms with E-state index >= 15 is 0 Å². The van der Waals surface area contributed by atoms with E-state index in [1.165, 1.54) is 44.9 Å². The van der Waals surface area contributed by atoms with Crippen molar-refractivity contribution < 1.29 is 42.1 Å². The second kappa shape index (κ2) is 55.9. The van der Waals surface area contributed by atoms with Crippen LogP contribution in [0.15, 0.2) is 134 Å². The molecule has 0 saturated carbocycles. The number of unbranched alkanes of at least 4 members (excludes halogenated alkanes) is 17. The highest BCUT2D eigenvalue weighted by Crippen LogP contribution is 2.43. The van der Waals surface area contributed by atoms with E-state index in [-0.39, 0.29) is 32.0 Å². The fraction of sp³-hybridized carbons (Fsp3) is 0.636. The van der Waals surface area contributed by atoms with E-state index in [1.54, 1.807) is 0 Å². The van der Waals surface area contributed by atoms with Gasteiger partial charge in [-0.25, -0.2) is 4.57 Å². The van der Waals surface area contributed by atoms with Crippen LogP contribution in [0, 0.1) is 0 Å². The zero-order valence-electron chi connectivity index (χ0n) is 48.9. The molecule has 76 heavy (non-hydrogen) atoms. The van der Waals surface area contributed by atoms with Gasteiger partial charge >= 0.3 is 19.8 Å². The summed E-state index contributed by atoms with van der Waals surface area (Å²) >= 11 is 0. The predicted octanol–water partition coefficient (Wildman–Crippen LogP) is 18.9. The first-order chi connectivity index (χ1) is 37.0. The molecule has 0 fully saturated rings. The Kier molecular flexibility index (Phi) is 53.1. The molecule has 0 saturated heterocycles. The summed E-state index contributed by atoms with van der Waals surface area (Å²) in [6.07, 6.45) is 80.9. The van der Waals surface area contributed by atoms with Crippen molar-refractivity contribution >= 4 is 19.8 Å². The van der Waals surface area contributed by atoms with E-state index in [0.29, 0.717) is 23.9 Å². The van der Waals surface area contributed by atoms with Gasteiger partial charge in [0.05, 0.1) is 27.7 Å². The monoisotopic (exact) mass is 1080 g/mol. The quantitative estimate of drug-likeness (QED) is 0.0211. The summed E-state index contributed by atoms with van der Waals surface area (Å²) in [6, 6.07) is 0. The van der Waals surface area contributed by atoms with Crippen molar-refractivity contribution in [3.8, 4) is 0 Å². The lowest BCUT2D eigenvalue weighted by Crippen LogP contribution is -2.37. The molecule has 2 unspecified atom stereocenters. The first kappa shape index (κ1) is 72.2. The molecular formula is C66H111NO8P+. The van der Waals surface area contributed by atoms with Gasteiger partial charge in [-0.2, -0.15) is 0 Å². The van der Waals surface area contributed by atoms with E-state index in [2.05, 4.69) is 148 Å². The number of allylic oxidation sites excluding steroid dienone is 22. The Morgan fingerprint density at radius 1 is 0.408 bits per heavy atom. The maximum absolute atomic E-state index is 12.8. The summed E-state index contributed by atoms with van der Waals surface area (Å²) in [7, 11) is 1.45. The van der Waals surface area contributed by atoms with Crippen LogP contribution in [0.4, 0.5) is 0 Å². The Hall–Kier alpha value is -3.85. The minimum Gasteiger partial charge on any atom is -0.462 e. The maximum atomic E-state index is 12.8. The zero-order chi connectivity index (χ0) is 55.6. The Labute approximate surface area is 466 Å². The Balaban J connectivity index is 4.18. The number of hydrogen-bond acceptors (Lipinski definition) is 7. The fourth-order valence-electron chi connectivity index (χ4n) is 7.63. The highest BCUT2D eigenvalue weighted by molar-refractivity contribution is 7.47. The number of nitrogens with zero attached hydrogens (tertiary/aromatic N) is 1. The predicted molar refractivity (Wildman–Crippen MR) is 325 cm³/mol. The van der Waals surface area contributed by atoms with Gasteiger partial charge in [0.25, 0.3) is 0 Å². The maximum Gasteiger partial charge on any atom is 0.472 e. The molecule has 0 aromatic rings. The molecule has 0 bridgehead atoms. The number of hydrogen-bond donors (Lipinski definition) is 1. The number of quaternary nitrogens is 1. The lowest BCUT2D eigenvalue weighted by atomic mass is 10.0. The molecular weight excluding hydrogens is 966 g/mol. The summed E-state index contributed by atoms with van der Waals surface area (Å²) in [5, 5.41) is 0. The average Bonchev–Trinajstić information content (AvgIpc) is 3.38. The van der Waals surface area contributed by atoms with Crippen LogP contribution in [0.3, 0.4) is 0 Å². The Morgan fingerprint density at radius 3 is 1.05 bits per heavy atom. The molecule has 0 spiro atoms. The lowest BCUT2D eigenvalue weighted by molar-refractivity contribution is -0.870. The van der Waals surface area contributed by atoms with Gasteiger partial charge in [-0.05, 0) is 109 Å². The topological polar surface area (TPSA) is 108 Å². The van der Waals surface area contributed by atoms with Gasteiger partial charge in [-0.3, -0.25) is 18.6 Å². The third-order valence-corrected chi connectivity index (χ3v) is 13.2. The van der Waals surface area contributed by atoms with Crippen molar-refractivity contribution in [2.45, 2.75) is 225 Å². The van der Waals surface area contributed by atoms with Crippen LogP contribution in [-0.4, -0.2) is 74.9 Å². The molecule has 0 heterocycles. The van der Waals surface area contributed by atoms with E-state index in [1.807, 2.05) is 21.1 Å². The number of esters is 2. The number of phosphoric ester groups is 1. The first-order valence-electron chi connectivity index (χ1n) is 29.9. The van der Waals surface area contributed by atoms with Crippen molar-refractivity contribution in [3.05, 3.63) is 134 Å². The molecule has 1 N–H and O–H groups in total. The molecule has 10 heteroatoms. The summed E-state index contributed by atoms with van der Waals surface area (Å²) in [6.45, 7) is 4.17. The van der Waals surface area contributed by atoms with Crippen LogP contribution >= 0.6 is 7.82 Å². The van der Waals surface area contributed by atoms with Gasteiger partial charge in [0, 0.05) is 12.8 Å². The van der Waals surface area contributed by atoms with Crippen molar-refractivity contribution in [2.75, 3.05) is 47.5 Å². The summed E-state index contributed by atoms with van der Waals surface area (Å²) in [4.78, 5) is 35.7. The van der Waals surface area contributed by atoms with Crippen LogP contribution in [0.25, 0.3) is 0 Å². The van der Waals surface area contributed by atoms with Crippen molar-refractivity contribution in [1.82, 2.24) is 0 Å². The molecule has 0 aliphatic heterocycles. The summed E-state index contributed by atoms with van der Waals surface area (Å²) in [5.41, 5.74) is 0. The van der Waals surface area contributed by atoms with Gasteiger partial charge in [-0.15, -0.1) is 0 Å². The minimum absolute atomic E-state index is 0.0216. The number of phosphoric acid groups is 1. The number of ether oxygens (including phenoxy) is 2. The van der Waals surface area contributed by atoms with Gasteiger partial charge < -0.3 is 18.9 Å². The molecule has 2 atom stereocenters. The second-order valence-corrected chi connectivity index (χ2v) is 22.1. The van der Waals surface area contributed by atoms with Crippen LogP contribution < -0.4 is 0 Å². The largest absolute Gasteiger partial charge is 0.472 e. The molecule has 0 rings (SSSR count). The fourth-order valence-corrected chi connectivity index (χ4v) is 8.37. The number of carbonyl (C=O) groups is 2. The van der Waals surface area contributed by atoms with E-state index in [0.717, 1.165) is 135 Å². The highest BCUT2D eigenvalue weighted by atomic mass is 31.2. The highest BCUT2D eigenvalue weighted by Gasteiger charge is 2.27. The third kappa shape index (κ3) is 59.4. The van der Waals surface area contributed by atoms with E-state index in [4.69, 9.17) is 18.5 Å². The molecule has 0 aliphatic carbocycles. The van der Waals surface area contributed by atoms with Crippen molar-refractivity contribution in [2.24, 2.45) is 0 Å². The van der Waals surface area contributed by atoms with Crippen LogP contribution in [0.5, 0.6) is 0 Å². The smallest absolute Gasteiger partial charge is 0.462 e. The zero-order valence-corrected chi connectivity index (χ0v) is 49.8. The van der Waals surface area contributed by atoms with Crippen LogP contribution in [0.2, 0.25) is 0 Å². The molecule has 9 nitrogen and oxygen atoms in total. The molecule has 0 aliphatic rings. The lowest BCUT2D eigenvalue weighted by Gasteiger charge is -2.24. The van der Waals surface area contributed by atoms with Gasteiger partial charge in [0.1, 0.15) is 19.8 Å². The molecule has 432 valence electrons. The molecule has 0 aromatic carbocycles. The number of rotatable bonds is 53. The Morgan fingerprint density at radius 2 is 0.711 bits per heavy atom. The van der Waals surface area contributed by atoms with Crippen LogP contribution in [0.1, 0.15) is 219 Å². The number of carbonyl (C=O) groups excluding carboxylic acids is 2. The Bertz CT molecular complexity index is 1740. The number of likely N-dealkylation sites (N-methyl/N-ethyl adjacent to an activating group) is 1. The van der Waals surface area contributed by atoms with Gasteiger partial charge in [0.15, 0.2) is 6.10 Å². The standard InChI is InChI=1S/C66H110NO8P/c1-6-8-10-12-14-16-18-20-22-24-26-27-28-29-30-31-32-33-34-35-36-37-38-39-41-43-45-47-49-51-53-55-57-59-66(69)75-64(63-74-76(70,71)73-61-60-67(3,4)5)62-72-65(68)58-56-54-52-50-48-46-44-42-40-25-23-21-19-17-15-13-11-9-7-2/h8-11,14-17,20-23,26-27,29-30,32-33,35-36,40,42,64H,6-7,12-13,18-19,24-25,28,31,34,37-39,41,43-63H2,1-5H3/p+1/b10-8-,11-9-,16-14-,17-15-,22-20-,23-21-,27-26-,30-29-,33-32-,36-35-,42-40-. The van der Waals surface area contributed by atoms with Crippen molar-refractivity contribution in [3.63, 3.8) is 0 Å². The summed E-state index contributed by atoms with van der Waals surface area (Å²) < 4.78 is 34.6. The average molecular weight is 1080 g/mol. The van der Waals surface area contributed by atoms with E-state index < -0.39 is 26.5 Å². The summed E-state index contributed by atoms with van der Waals surface area (Å²) in [5.74, 6) is -0.825. The first-order valence-corrected chi connectivity index (χ1v) is 31.4. The minimum atomic E-state index is -4.40. The molecule has 0 amide bonds. The van der Waals surface area contributed by atoms with Gasteiger partial charge in [-0.1, -0.05) is 231 Å². The van der Waals surface area contributed by atoms with Crippen molar-refractivity contribution in [1.29, 1.82) is 0 Å². The second-order valence-electron chi connectivity index (χ2n) is 20.6. The third-order valence-electron chi connectivity index (χ3n) is 12.2. The normalized spacial score (nSPS) is 14.2. The van der Waals surface area contributed by atoms with Gasteiger partial charge in [0.2, 0.25) is 0 Å². The molecule has 0 aromatic heterocycles.